The third-order valence-electron chi connectivity index (χ3n) is 7.50. The molecule has 2 unspecified atom stereocenters. The van der Waals surface area contributed by atoms with Crippen molar-refractivity contribution < 1.29 is 19.5 Å². The van der Waals surface area contributed by atoms with Gasteiger partial charge in [-0.05, 0) is 51.9 Å². The molecule has 7 nitrogen and oxygen atoms in total. The third-order valence-corrected chi connectivity index (χ3v) is 9.49. The Bertz CT molecular complexity index is 791. The molecule has 0 aromatic heterocycles. The number of aliphatic hydroxyl groups is 1. The fourth-order valence-corrected chi connectivity index (χ4v) is 9.14. The zero-order valence-electron chi connectivity index (χ0n) is 20.9. The maximum Gasteiger partial charge on any atom is 0.244 e. The normalized spacial score (nSPS) is 35.1. The van der Waals surface area contributed by atoms with E-state index in [4.69, 9.17) is 0 Å². The van der Waals surface area contributed by atoms with Crippen LogP contribution >= 0.6 is 11.8 Å². The first kappa shape index (κ1) is 25.3. The average molecular weight is 468 g/mol. The summed E-state index contributed by atoms with van der Waals surface area (Å²) in [4.78, 5) is 42.3. The Morgan fingerprint density at radius 1 is 1.22 bits per heavy atom. The van der Waals surface area contributed by atoms with Crippen molar-refractivity contribution >= 4 is 29.5 Å². The van der Waals surface area contributed by atoms with Crippen molar-refractivity contribution in [2.75, 3.05) is 13.7 Å². The first-order valence-electron chi connectivity index (χ1n) is 11.8. The molecule has 3 aliphatic heterocycles. The smallest absolute Gasteiger partial charge is 0.244 e. The van der Waals surface area contributed by atoms with Crippen LogP contribution in [0.4, 0.5) is 0 Å². The van der Waals surface area contributed by atoms with Crippen molar-refractivity contribution in [3.8, 4) is 0 Å². The summed E-state index contributed by atoms with van der Waals surface area (Å²) in [7, 11) is 1.61. The van der Waals surface area contributed by atoms with E-state index in [9.17, 15) is 19.5 Å². The molecule has 2 bridgehead atoms. The summed E-state index contributed by atoms with van der Waals surface area (Å²) in [6, 6.07) is -1.14. The number of thioether (sulfide) groups is 1. The highest BCUT2D eigenvalue weighted by Gasteiger charge is 2.77. The number of hydrogen-bond acceptors (Lipinski definition) is 5. The zero-order chi connectivity index (χ0) is 24.3. The summed E-state index contributed by atoms with van der Waals surface area (Å²) >= 11 is 1.66. The second-order valence-corrected chi connectivity index (χ2v) is 13.8. The molecule has 3 heterocycles. The largest absolute Gasteiger partial charge is 0.394 e. The molecule has 1 spiro atoms. The lowest BCUT2D eigenvalue weighted by Gasteiger charge is -2.40. The predicted molar refractivity (Wildman–Crippen MR) is 127 cm³/mol. The molecule has 3 rings (SSSR count). The highest BCUT2D eigenvalue weighted by Crippen LogP contribution is 2.71. The first-order chi connectivity index (χ1) is 14.7. The lowest BCUT2D eigenvalue weighted by molar-refractivity contribution is -0.143. The lowest BCUT2D eigenvalue weighted by atomic mass is 9.66. The van der Waals surface area contributed by atoms with E-state index in [0.29, 0.717) is 12.8 Å². The Morgan fingerprint density at radius 3 is 2.34 bits per heavy atom. The third kappa shape index (κ3) is 3.95. The predicted octanol–water partition coefficient (Wildman–Crippen LogP) is 2.32. The van der Waals surface area contributed by atoms with E-state index in [1.54, 1.807) is 23.7 Å². The number of amides is 3. The summed E-state index contributed by atoms with van der Waals surface area (Å²) in [5, 5.41) is 16.1. The number of fused-ring (bicyclic) bond motifs is 1. The maximum absolute atomic E-state index is 13.9. The van der Waals surface area contributed by atoms with Crippen LogP contribution in [0.3, 0.4) is 0 Å². The van der Waals surface area contributed by atoms with E-state index in [1.165, 1.54) is 0 Å². The van der Waals surface area contributed by atoms with E-state index < -0.39 is 34.2 Å². The molecule has 0 radical (unpaired) electrons. The van der Waals surface area contributed by atoms with Crippen molar-refractivity contribution in [2.24, 2.45) is 17.3 Å². The van der Waals surface area contributed by atoms with Gasteiger partial charge >= 0.3 is 0 Å². The number of carbonyl (C=O) groups excluding carboxylic acids is 3. The second-order valence-electron chi connectivity index (χ2n) is 11.9. The highest BCUT2D eigenvalue weighted by atomic mass is 32.2. The van der Waals surface area contributed by atoms with Crippen LogP contribution in [0.2, 0.25) is 0 Å². The topological polar surface area (TPSA) is 98.7 Å². The first-order valence-corrected chi connectivity index (χ1v) is 12.6. The summed E-state index contributed by atoms with van der Waals surface area (Å²) in [5.41, 5.74) is -0.427. The highest BCUT2D eigenvalue weighted by molar-refractivity contribution is 8.02. The molecule has 8 heteroatoms. The van der Waals surface area contributed by atoms with Gasteiger partial charge in [0, 0.05) is 17.3 Å². The quantitative estimate of drug-likeness (QED) is 0.534. The summed E-state index contributed by atoms with van der Waals surface area (Å²) in [6.07, 6.45) is 2.84. The van der Waals surface area contributed by atoms with Gasteiger partial charge < -0.3 is 20.6 Å². The van der Waals surface area contributed by atoms with Crippen molar-refractivity contribution in [3.05, 3.63) is 0 Å². The van der Waals surface area contributed by atoms with Crippen molar-refractivity contribution in [3.63, 3.8) is 0 Å². The van der Waals surface area contributed by atoms with E-state index in [-0.39, 0.29) is 34.5 Å². The van der Waals surface area contributed by atoms with E-state index in [0.717, 1.165) is 12.8 Å². The zero-order valence-corrected chi connectivity index (χ0v) is 21.7. The Labute approximate surface area is 196 Å². The molecule has 0 aromatic rings. The standard InChI is InChI=1S/C24H41N3O4S/c1-9-14(12-28)27-17(19(30)26-22(5,6)13-21(2,3)4)24-11-10-23(7,32-24)15(18(29)25-8)16(24)20(27)31/h14-17,28H,9-13H2,1-8H3,(H,25,29)(H,26,30)/t14-,15-,16-,17?,23+,24?/m0/s1. The van der Waals surface area contributed by atoms with Gasteiger partial charge in [-0.1, -0.05) is 27.7 Å². The molecular formula is C24H41N3O4S. The fraction of sp³-hybridized carbons (Fsp3) is 0.875. The summed E-state index contributed by atoms with van der Waals surface area (Å²) < 4.78 is -1.01. The summed E-state index contributed by atoms with van der Waals surface area (Å²) in [5.74, 6) is -1.49. The number of rotatable bonds is 7. The van der Waals surface area contributed by atoms with E-state index in [1.807, 2.05) is 20.8 Å². The van der Waals surface area contributed by atoms with Crippen LogP contribution in [0.25, 0.3) is 0 Å². The Kier molecular flexibility index (Phi) is 6.48. The minimum atomic E-state index is -0.696. The molecule has 3 aliphatic rings. The van der Waals surface area contributed by atoms with Gasteiger partial charge in [-0.3, -0.25) is 14.4 Å². The molecule has 0 aliphatic carbocycles. The summed E-state index contributed by atoms with van der Waals surface area (Å²) in [6.45, 7) is 14.2. The van der Waals surface area contributed by atoms with Gasteiger partial charge in [0.2, 0.25) is 17.7 Å². The molecule has 182 valence electrons. The van der Waals surface area contributed by atoms with Crippen molar-refractivity contribution in [1.29, 1.82) is 0 Å². The molecule has 3 N–H and O–H groups in total. The molecule has 6 atom stereocenters. The van der Waals surface area contributed by atoms with E-state index >= 15 is 0 Å². The number of nitrogens with one attached hydrogen (secondary N) is 2. The second kappa shape index (κ2) is 8.19. The van der Waals surface area contributed by atoms with Crippen molar-refractivity contribution in [2.45, 2.75) is 101 Å². The number of aliphatic hydroxyl groups excluding tert-OH is 1. The molecule has 32 heavy (non-hydrogen) atoms. The molecule has 0 aromatic carbocycles. The lowest BCUT2D eigenvalue weighted by Crippen LogP contribution is -2.60. The van der Waals surface area contributed by atoms with E-state index in [2.05, 4.69) is 38.3 Å². The SMILES string of the molecule is CC[C@@H](CO)N1C(=O)[C@@H]2[C@@H](C(=O)NC)[C@@]3(C)CCC2(S3)C1C(=O)NC(C)(C)CC(C)(C)C. The Balaban J connectivity index is 2.05. The number of hydrogen-bond donors (Lipinski definition) is 3. The molecular weight excluding hydrogens is 426 g/mol. The monoisotopic (exact) mass is 467 g/mol. The number of likely N-dealkylation sites (tertiary alicyclic amines) is 1. The minimum Gasteiger partial charge on any atom is -0.394 e. The van der Waals surface area contributed by atoms with Crippen LogP contribution in [-0.4, -0.2) is 68.5 Å². The van der Waals surface area contributed by atoms with Gasteiger partial charge in [0.25, 0.3) is 0 Å². The van der Waals surface area contributed by atoms with Gasteiger partial charge in [-0.25, -0.2) is 0 Å². The maximum atomic E-state index is 13.9. The molecule has 3 fully saturated rings. The van der Waals surface area contributed by atoms with Crippen LogP contribution in [0, 0.1) is 17.3 Å². The van der Waals surface area contributed by atoms with Crippen LogP contribution < -0.4 is 10.6 Å². The van der Waals surface area contributed by atoms with Crippen LogP contribution in [0.1, 0.15) is 74.1 Å². The van der Waals surface area contributed by atoms with Crippen molar-refractivity contribution in [1.82, 2.24) is 15.5 Å². The van der Waals surface area contributed by atoms with Gasteiger partial charge in [0.15, 0.2) is 0 Å². The van der Waals surface area contributed by atoms with Crippen LogP contribution in [0.5, 0.6) is 0 Å². The molecule has 3 amide bonds. The average Bonchev–Trinajstić information content (AvgIpc) is 3.21. The van der Waals surface area contributed by atoms with Gasteiger partial charge in [0.1, 0.15) is 6.04 Å². The Hall–Kier alpha value is -1.28. The number of nitrogens with zero attached hydrogens (tertiary/aromatic N) is 1. The van der Waals surface area contributed by atoms with Crippen LogP contribution in [0.15, 0.2) is 0 Å². The number of carbonyl (C=O) groups is 3. The fourth-order valence-electron chi connectivity index (χ4n) is 6.80. The minimum absolute atomic E-state index is 0.0260. The van der Waals surface area contributed by atoms with Gasteiger partial charge in [0.05, 0.1) is 29.2 Å². The molecule has 3 saturated heterocycles. The molecule has 0 saturated carbocycles. The van der Waals surface area contributed by atoms with Crippen LogP contribution in [-0.2, 0) is 14.4 Å². The van der Waals surface area contributed by atoms with Gasteiger partial charge in [-0.15, -0.1) is 11.8 Å². The van der Waals surface area contributed by atoms with Gasteiger partial charge in [-0.2, -0.15) is 0 Å². The Morgan fingerprint density at radius 2 is 1.84 bits per heavy atom.